The van der Waals surface area contributed by atoms with Crippen LogP contribution in [-0.2, 0) is 6.54 Å². The maximum atomic E-state index is 13.1. The fourth-order valence-electron chi connectivity index (χ4n) is 3.20. The quantitative estimate of drug-likeness (QED) is 0.582. The van der Waals surface area contributed by atoms with E-state index in [1.54, 1.807) is 13.3 Å². The van der Waals surface area contributed by atoms with Crippen LogP contribution in [0.5, 0.6) is 5.75 Å². The number of aryl methyl sites for hydroxylation is 1. The third-order valence-electron chi connectivity index (χ3n) is 4.34. The molecule has 0 saturated heterocycles. The van der Waals surface area contributed by atoms with E-state index in [1.807, 2.05) is 55.5 Å². The summed E-state index contributed by atoms with van der Waals surface area (Å²) < 4.78 is 8.66. The van der Waals surface area contributed by atoms with Crippen molar-refractivity contribution < 1.29 is 4.74 Å². The maximum Gasteiger partial charge on any atom is 0.296 e. The van der Waals surface area contributed by atoms with Gasteiger partial charge in [0.15, 0.2) is 0 Å². The second-order valence-electron chi connectivity index (χ2n) is 5.58. The van der Waals surface area contributed by atoms with Gasteiger partial charge in [-0.05, 0) is 37.3 Å². The first-order valence-corrected chi connectivity index (χ1v) is 7.88. The fraction of sp³-hybridized carbons (Fsp3) is 0.158. The van der Waals surface area contributed by atoms with Crippen molar-refractivity contribution in [2.45, 2.75) is 13.5 Å². The number of hydrogen-bond acceptors (Lipinski definition) is 3. The average Bonchev–Trinajstić information content (AvgIpc) is 2.97. The molecule has 0 spiro atoms. The largest absolute Gasteiger partial charge is 0.497 e. The molecule has 0 atom stereocenters. The van der Waals surface area contributed by atoms with Crippen molar-refractivity contribution in [1.29, 1.82) is 0 Å². The lowest BCUT2D eigenvalue weighted by Gasteiger charge is -2.07. The number of rotatable bonds is 3. The number of ether oxygens (including phenoxy) is 1. The molecule has 2 heterocycles. The summed E-state index contributed by atoms with van der Waals surface area (Å²) in [7, 11) is 1.62. The van der Waals surface area contributed by atoms with Crippen LogP contribution in [-0.4, -0.2) is 21.5 Å². The highest BCUT2D eigenvalue weighted by molar-refractivity contribution is 6.07. The molecule has 0 fully saturated rings. The van der Waals surface area contributed by atoms with Crippen LogP contribution in [0, 0.1) is 0 Å². The second kappa shape index (κ2) is 5.53. The van der Waals surface area contributed by atoms with Crippen molar-refractivity contribution >= 4 is 21.8 Å². The summed E-state index contributed by atoms with van der Waals surface area (Å²) in [6.07, 6.45) is 1.77. The van der Waals surface area contributed by atoms with Crippen molar-refractivity contribution in [2.24, 2.45) is 0 Å². The van der Waals surface area contributed by atoms with Crippen LogP contribution in [0.3, 0.4) is 0 Å². The molecule has 0 aliphatic heterocycles. The summed E-state index contributed by atoms with van der Waals surface area (Å²) in [6.45, 7) is 2.77. The van der Waals surface area contributed by atoms with E-state index in [4.69, 9.17) is 4.74 Å². The Bertz CT molecular complexity index is 1090. The van der Waals surface area contributed by atoms with Crippen LogP contribution >= 0.6 is 0 Å². The standard InChI is InChI=1S/C19H17N3O2/c1-3-21-17-7-5-4-6-15(17)16-12-20-22(19(23)18(16)21)13-8-10-14(24-2)11-9-13/h4-12H,3H2,1-2H3. The fourth-order valence-corrected chi connectivity index (χ4v) is 3.20. The molecule has 120 valence electrons. The monoisotopic (exact) mass is 319 g/mol. The van der Waals surface area contributed by atoms with Crippen LogP contribution < -0.4 is 10.3 Å². The summed E-state index contributed by atoms with van der Waals surface area (Å²) >= 11 is 0. The Kier molecular flexibility index (Phi) is 3.34. The molecule has 24 heavy (non-hydrogen) atoms. The van der Waals surface area contributed by atoms with Gasteiger partial charge in [-0.3, -0.25) is 4.79 Å². The van der Waals surface area contributed by atoms with Gasteiger partial charge in [0.25, 0.3) is 5.56 Å². The van der Waals surface area contributed by atoms with Gasteiger partial charge in [0, 0.05) is 22.8 Å². The Balaban J connectivity index is 2.04. The Morgan fingerprint density at radius 2 is 1.79 bits per heavy atom. The molecule has 0 amide bonds. The molecular formula is C19H17N3O2. The average molecular weight is 319 g/mol. The lowest BCUT2D eigenvalue weighted by Crippen LogP contribution is -2.22. The highest BCUT2D eigenvalue weighted by Crippen LogP contribution is 2.26. The lowest BCUT2D eigenvalue weighted by molar-refractivity contribution is 0.414. The van der Waals surface area contributed by atoms with E-state index in [0.29, 0.717) is 5.52 Å². The lowest BCUT2D eigenvalue weighted by atomic mass is 10.2. The third-order valence-corrected chi connectivity index (χ3v) is 4.34. The summed E-state index contributed by atoms with van der Waals surface area (Å²) in [4.78, 5) is 13.1. The van der Waals surface area contributed by atoms with Gasteiger partial charge < -0.3 is 9.30 Å². The van der Waals surface area contributed by atoms with Crippen LogP contribution in [0.2, 0.25) is 0 Å². The van der Waals surface area contributed by atoms with Crippen LogP contribution in [0.25, 0.3) is 27.5 Å². The number of nitrogens with zero attached hydrogens (tertiary/aromatic N) is 3. The summed E-state index contributed by atoms with van der Waals surface area (Å²) in [6, 6.07) is 15.3. The molecule has 4 rings (SSSR count). The Morgan fingerprint density at radius 1 is 1.04 bits per heavy atom. The van der Waals surface area contributed by atoms with E-state index in [1.165, 1.54) is 4.68 Å². The number of fused-ring (bicyclic) bond motifs is 3. The molecule has 0 aliphatic carbocycles. The predicted molar refractivity (Wildman–Crippen MR) is 95.1 cm³/mol. The minimum atomic E-state index is -0.115. The zero-order chi connectivity index (χ0) is 16.7. The Morgan fingerprint density at radius 3 is 2.50 bits per heavy atom. The van der Waals surface area contributed by atoms with Gasteiger partial charge in [-0.25, -0.2) is 0 Å². The zero-order valence-corrected chi connectivity index (χ0v) is 13.6. The minimum absolute atomic E-state index is 0.115. The smallest absolute Gasteiger partial charge is 0.296 e. The van der Waals surface area contributed by atoms with Gasteiger partial charge in [0.2, 0.25) is 0 Å². The first kappa shape index (κ1) is 14.5. The summed E-state index contributed by atoms with van der Waals surface area (Å²) in [5.74, 6) is 0.746. The van der Waals surface area contributed by atoms with Gasteiger partial charge >= 0.3 is 0 Å². The summed E-state index contributed by atoms with van der Waals surface area (Å²) in [5.41, 5.74) is 2.34. The van der Waals surface area contributed by atoms with E-state index in [-0.39, 0.29) is 5.56 Å². The molecule has 0 unspecified atom stereocenters. The second-order valence-corrected chi connectivity index (χ2v) is 5.58. The van der Waals surface area contributed by atoms with E-state index < -0.39 is 0 Å². The SMILES string of the molecule is CCn1c2ccccc2c2cnn(-c3ccc(OC)cc3)c(=O)c21. The van der Waals surface area contributed by atoms with E-state index in [0.717, 1.165) is 34.3 Å². The number of benzene rings is 2. The third kappa shape index (κ3) is 2.01. The van der Waals surface area contributed by atoms with Crippen molar-refractivity contribution in [2.75, 3.05) is 7.11 Å². The van der Waals surface area contributed by atoms with E-state index in [2.05, 4.69) is 9.67 Å². The molecule has 5 nitrogen and oxygen atoms in total. The molecule has 0 aliphatic rings. The van der Waals surface area contributed by atoms with Crippen molar-refractivity contribution in [3.8, 4) is 11.4 Å². The maximum absolute atomic E-state index is 13.1. The van der Waals surface area contributed by atoms with Gasteiger partial charge in [0.05, 0.1) is 19.0 Å². The Hall–Kier alpha value is -3.08. The van der Waals surface area contributed by atoms with Gasteiger partial charge in [-0.15, -0.1) is 0 Å². The van der Waals surface area contributed by atoms with E-state index in [9.17, 15) is 4.79 Å². The molecule has 0 radical (unpaired) electrons. The number of aromatic nitrogens is 3. The summed E-state index contributed by atoms with van der Waals surface area (Å²) in [5, 5.41) is 6.33. The van der Waals surface area contributed by atoms with Crippen LogP contribution in [0.15, 0.2) is 59.5 Å². The predicted octanol–water partition coefficient (Wildman–Crippen LogP) is 3.37. The molecule has 2 aromatic heterocycles. The molecule has 0 N–H and O–H groups in total. The number of para-hydroxylation sites is 1. The minimum Gasteiger partial charge on any atom is -0.497 e. The van der Waals surface area contributed by atoms with E-state index >= 15 is 0 Å². The molecule has 4 aromatic rings. The van der Waals surface area contributed by atoms with Gasteiger partial charge in [-0.1, -0.05) is 18.2 Å². The van der Waals surface area contributed by atoms with Crippen LogP contribution in [0.4, 0.5) is 0 Å². The number of methoxy groups -OCH3 is 1. The van der Waals surface area contributed by atoms with Gasteiger partial charge in [-0.2, -0.15) is 9.78 Å². The molecule has 2 aromatic carbocycles. The highest BCUT2D eigenvalue weighted by Gasteiger charge is 2.15. The van der Waals surface area contributed by atoms with Crippen molar-refractivity contribution in [1.82, 2.24) is 14.3 Å². The first-order chi connectivity index (χ1) is 11.7. The first-order valence-electron chi connectivity index (χ1n) is 7.88. The molecule has 5 heteroatoms. The van der Waals surface area contributed by atoms with Crippen molar-refractivity contribution in [3.63, 3.8) is 0 Å². The van der Waals surface area contributed by atoms with Crippen molar-refractivity contribution in [3.05, 3.63) is 65.1 Å². The normalized spacial score (nSPS) is 11.2. The number of hydrogen-bond donors (Lipinski definition) is 0. The molecule has 0 bridgehead atoms. The molecular weight excluding hydrogens is 302 g/mol. The topological polar surface area (TPSA) is 49.0 Å². The van der Waals surface area contributed by atoms with Gasteiger partial charge in [0.1, 0.15) is 11.3 Å². The Labute approximate surface area is 138 Å². The highest BCUT2D eigenvalue weighted by atomic mass is 16.5. The zero-order valence-electron chi connectivity index (χ0n) is 13.6. The van der Waals surface area contributed by atoms with Crippen LogP contribution in [0.1, 0.15) is 6.92 Å². The molecule has 0 saturated carbocycles.